The van der Waals surface area contributed by atoms with Crippen molar-refractivity contribution in [3.63, 3.8) is 0 Å². The van der Waals surface area contributed by atoms with Crippen molar-refractivity contribution < 1.29 is 13.9 Å². The van der Waals surface area contributed by atoms with Gasteiger partial charge in [0, 0.05) is 10.9 Å². The molecule has 4 heteroatoms. The molecule has 0 fully saturated rings. The molecule has 1 unspecified atom stereocenters. The van der Waals surface area contributed by atoms with E-state index in [1.54, 1.807) is 31.2 Å². The quantitative estimate of drug-likeness (QED) is 0.936. The third-order valence-corrected chi connectivity index (χ3v) is 2.85. The Morgan fingerprint density at radius 2 is 2.12 bits per heavy atom. The van der Waals surface area contributed by atoms with Crippen LogP contribution in [-0.2, 0) is 6.42 Å². The molecular weight excluding hydrogens is 287 g/mol. The van der Waals surface area contributed by atoms with Crippen molar-refractivity contribution in [1.82, 2.24) is 0 Å². The molecule has 17 heavy (non-hydrogen) atoms. The van der Waals surface area contributed by atoms with Gasteiger partial charge in [-0.3, -0.25) is 0 Å². The maximum atomic E-state index is 13.7. The zero-order valence-electron chi connectivity index (χ0n) is 9.28. The summed E-state index contributed by atoms with van der Waals surface area (Å²) in [5, 5.41) is 9.24. The van der Waals surface area contributed by atoms with Gasteiger partial charge in [-0.25, -0.2) is 4.39 Å². The van der Waals surface area contributed by atoms with Crippen molar-refractivity contribution in [3.05, 3.63) is 46.4 Å². The van der Waals surface area contributed by atoms with Crippen molar-refractivity contribution in [1.29, 1.82) is 0 Å². The van der Waals surface area contributed by atoms with Gasteiger partial charge in [-0.05, 0) is 37.3 Å². The molecule has 2 rings (SSSR count). The standard InChI is InChI=1S/C13H12BrFO2/c1-8(16)6-10-3-5-13(17-10)11-4-2-9(14)7-12(11)15/h2-5,7-8,16H,6H2,1H3. The van der Waals surface area contributed by atoms with E-state index in [9.17, 15) is 9.50 Å². The van der Waals surface area contributed by atoms with Crippen LogP contribution in [-0.4, -0.2) is 11.2 Å². The molecule has 1 aromatic heterocycles. The molecule has 0 aliphatic heterocycles. The van der Waals surface area contributed by atoms with Gasteiger partial charge in [0.05, 0.1) is 11.7 Å². The summed E-state index contributed by atoms with van der Waals surface area (Å²) in [6.07, 6.45) is -0.0400. The SMILES string of the molecule is CC(O)Cc1ccc(-c2ccc(Br)cc2F)o1. The van der Waals surface area contributed by atoms with E-state index in [1.165, 1.54) is 6.07 Å². The second-order valence-electron chi connectivity index (χ2n) is 3.94. The number of hydrogen-bond acceptors (Lipinski definition) is 2. The number of furan rings is 1. The predicted molar refractivity (Wildman–Crippen MR) is 67.2 cm³/mol. The van der Waals surface area contributed by atoms with Gasteiger partial charge < -0.3 is 9.52 Å². The monoisotopic (exact) mass is 298 g/mol. The van der Waals surface area contributed by atoms with E-state index in [0.29, 0.717) is 28.0 Å². The maximum absolute atomic E-state index is 13.7. The molecule has 1 atom stereocenters. The van der Waals surface area contributed by atoms with Crippen LogP contribution >= 0.6 is 15.9 Å². The first-order valence-electron chi connectivity index (χ1n) is 5.28. The Kier molecular flexibility index (Phi) is 3.64. The third-order valence-electron chi connectivity index (χ3n) is 2.35. The lowest BCUT2D eigenvalue weighted by molar-refractivity contribution is 0.187. The van der Waals surface area contributed by atoms with Crippen LogP contribution in [0.25, 0.3) is 11.3 Å². The summed E-state index contributed by atoms with van der Waals surface area (Å²) in [4.78, 5) is 0. The highest BCUT2D eigenvalue weighted by atomic mass is 79.9. The summed E-state index contributed by atoms with van der Waals surface area (Å²) in [6, 6.07) is 8.28. The summed E-state index contributed by atoms with van der Waals surface area (Å²) in [5.41, 5.74) is 0.421. The Morgan fingerprint density at radius 1 is 1.35 bits per heavy atom. The fourth-order valence-electron chi connectivity index (χ4n) is 1.61. The highest BCUT2D eigenvalue weighted by Gasteiger charge is 2.11. The second-order valence-corrected chi connectivity index (χ2v) is 4.86. The molecule has 0 saturated carbocycles. The molecule has 0 spiro atoms. The van der Waals surface area contributed by atoms with Crippen molar-refractivity contribution >= 4 is 15.9 Å². The minimum atomic E-state index is -0.469. The number of hydrogen-bond donors (Lipinski definition) is 1. The Labute approximate surface area is 107 Å². The van der Waals surface area contributed by atoms with E-state index < -0.39 is 6.10 Å². The topological polar surface area (TPSA) is 33.4 Å². The molecule has 1 heterocycles. The Balaban J connectivity index is 2.30. The lowest BCUT2D eigenvalue weighted by Gasteiger charge is -2.01. The summed E-state index contributed by atoms with van der Waals surface area (Å²) in [6.45, 7) is 1.68. The smallest absolute Gasteiger partial charge is 0.137 e. The van der Waals surface area contributed by atoms with Crippen LogP contribution < -0.4 is 0 Å². The van der Waals surface area contributed by atoms with Crippen LogP contribution in [0.1, 0.15) is 12.7 Å². The summed E-state index contributed by atoms with van der Waals surface area (Å²) < 4.78 is 19.8. The molecule has 0 aliphatic rings. The molecule has 90 valence electrons. The third kappa shape index (κ3) is 2.96. The zero-order chi connectivity index (χ0) is 12.4. The van der Waals surface area contributed by atoms with E-state index in [0.717, 1.165) is 0 Å². The van der Waals surface area contributed by atoms with Gasteiger partial charge in [-0.15, -0.1) is 0 Å². The number of aliphatic hydroxyl groups excluding tert-OH is 1. The molecule has 1 aromatic carbocycles. The second kappa shape index (κ2) is 5.02. The first-order valence-corrected chi connectivity index (χ1v) is 6.08. The Morgan fingerprint density at radius 3 is 2.76 bits per heavy atom. The van der Waals surface area contributed by atoms with Gasteiger partial charge in [0.1, 0.15) is 17.3 Å². The number of halogens is 2. The molecule has 1 N–H and O–H groups in total. The summed E-state index contributed by atoms with van der Waals surface area (Å²) in [7, 11) is 0. The lowest BCUT2D eigenvalue weighted by atomic mass is 10.1. The molecule has 0 amide bonds. The van der Waals surface area contributed by atoms with Crippen LogP contribution in [0.15, 0.2) is 39.2 Å². The molecular formula is C13H12BrFO2. The molecule has 0 bridgehead atoms. The normalized spacial score (nSPS) is 12.7. The van der Waals surface area contributed by atoms with Crippen LogP contribution in [0, 0.1) is 5.82 Å². The van der Waals surface area contributed by atoms with Crippen molar-refractivity contribution in [2.24, 2.45) is 0 Å². The van der Waals surface area contributed by atoms with Crippen molar-refractivity contribution in [2.75, 3.05) is 0 Å². The largest absolute Gasteiger partial charge is 0.461 e. The number of rotatable bonds is 3. The maximum Gasteiger partial charge on any atom is 0.137 e. The Hall–Kier alpha value is -1.13. The van der Waals surface area contributed by atoms with E-state index >= 15 is 0 Å². The summed E-state index contributed by atoms with van der Waals surface area (Å²) in [5.74, 6) is 0.792. The van der Waals surface area contributed by atoms with Gasteiger partial charge in [-0.2, -0.15) is 0 Å². The molecule has 2 aromatic rings. The van der Waals surface area contributed by atoms with E-state index in [2.05, 4.69) is 15.9 Å². The van der Waals surface area contributed by atoms with Crippen molar-refractivity contribution in [2.45, 2.75) is 19.4 Å². The van der Waals surface area contributed by atoms with Gasteiger partial charge in [0.2, 0.25) is 0 Å². The summed E-state index contributed by atoms with van der Waals surface area (Å²) >= 11 is 3.20. The van der Waals surface area contributed by atoms with Crippen LogP contribution in [0.2, 0.25) is 0 Å². The van der Waals surface area contributed by atoms with Crippen LogP contribution in [0.5, 0.6) is 0 Å². The predicted octanol–water partition coefficient (Wildman–Crippen LogP) is 3.77. The first kappa shape index (κ1) is 12.3. The number of aliphatic hydroxyl groups is 1. The highest BCUT2D eigenvalue weighted by molar-refractivity contribution is 9.10. The zero-order valence-corrected chi connectivity index (χ0v) is 10.9. The van der Waals surface area contributed by atoms with Gasteiger partial charge in [0.25, 0.3) is 0 Å². The highest BCUT2D eigenvalue weighted by Crippen LogP contribution is 2.27. The minimum absolute atomic E-state index is 0.336. The van der Waals surface area contributed by atoms with Crippen LogP contribution in [0.4, 0.5) is 4.39 Å². The van der Waals surface area contributed by atoms with Gasteiger partial charge >= 0.3 is 0 Å². The lowest BCUT2D eigenvalue weighted by Crippen LogP contribution is -2.02. The molecule has 0 saturated heterocycles. The van der Waals surface area contributed by atoms with Crippen molar-refractivity contribution in [3.8, 4) is 11.3 Å². The van der Waals surface area contributed by atoms with Gasteiger partial charge in [0.15, 0.2) is 0 Å². The average molecular weight is 299 g/mol. The average Bonchev–Trinajstić information content (AvgIpc) is 2.65. The van der Waals surface area contributed by atoms with Gasteiger partial charge in [-0.1, -0.05) is 15.9 Å². The van der Waals surface area contributed by atoms with E-state index in [-0.39, 0.29) is 5.82 Å². The molecule has 0 aliphatic carbocycles. The minimum Gasteiger partial charge on any atom is -0.461 e. The fraction of sp³-hybridized carbons (Fsp3) is 0.231. The first-order chi connectivity index (χ1) is 8.06. The molecule has 0 radical (unpaired) electrons. The van der Waals surface area contributed by atoms with E-state index in [4.69, 9.17) is 4.42 Å². The number of benzene rings is 1. The fourth-order valence-corrected chi connectivity index (χ4v) is 1.95. The van der Waals surface area contributed by atoms with E-state index in [1.807, 2.05) is 0 Å². The molecule has 2 nitrogen and oxygen atoms in total. The van der Waals surface area contributed by atoms with Crippen LogP contribution in [0.3, 0.4) is 0 Å². The Bertz CT molecular complexity index is 520.